The largest absolute Gasteiger partial charge is 0.506 e. The summed E-state index contributed by atoms with van der Waals surface area (Å²) >= 11 is 6.58. The van der Waals surface area contributed by atoms with Gasteiger partial charge < -0.3 is 15.5 Å². The Morgan fingerprint density at radius 1 is 1.14 bits per heavy atom. The Morgan fingerprint density at radius 2 is 1.80 bits per heavy atom. The number of nitrogens with one attached hydrogen (secondary N) is 2. The summed E-state index contributed by atoms with van der Waals surface area (Å²) < 4.78 is 0. The number of nitro benzene ring substituents is 1. The summed E-state index contributed by atoms with van der Waals surface area (Å²) in [4.78, 5) is 22.2. The van der Waals surface area contributed by atoms with Crippen molar-refractivity contribution >= 4 is 51.7 Å². The molecule has 3 aromatic rings. The molecule has 0 aliphatic carbocycles. The van der Waals surface area contributed by atoms with Crippen LogP contribution in [0.2, 0.25) is 0 Å². The molecule has 1 heterocycles. The van der Waals surface area contributed by atoms with Crippen LogP contribution in [-0.4, -0.2) is 31.9 Å². The van der Waals surface area contributed by atoms with Crippen molar-refractivity contribution < 1.29 is 19.9 Å². The molecule has 0 saturated heterocycles. The average molecular weight is 513 g/mol. The van der Waals surface area contributed by atoms with Crippen molar-refractivity contribution in [3.8, 4) is 16.2 Å². The molecular formula is C24H24N4O5S2. The first kappa shape index (κ1) is 25.8. The lowest BCUT2D eigenvalue weighted by Crippen LogP contribution is -2.25. The molecule has 35 heavy (non-hydrogen) atoms. The summed E-state index contributed by atoms with van der Waals surface area (Å²) in [6.45, 7) is 8.12. The van der Waals surface area contributed by atoms with Gasteiger partial charge in [0.25, 0.3) is 5.69 Å². The highest BCUT2D eigenvalue weighted by Gasteiger charge is 2.20. The van der Waals surface area contributed by atoms with Crippen LogP contribution in [-0.2, 0) is 5.41 Å². The van der Waals surface area contributed by atoms with Crippen molar-refractivity contribution in [1.29, 1.82) is 0 Å². The van der Waals surface area contributed by atoms with E-state index in [1.165, 1.54) is 23.0 Å². The van der Waals surface area contributed by atoms with E-state index in [0.29, 0.717) is 11.3 Å². The lowest BCUT2D eigenvalue weighted by molar-refractivity contribution is -0.385. The Morgan fingerprint density at radius 3 is 2.37 bits per heavy atom. The van der Waals surface area contributed by atoms with Gasteiger partial charge in [0.2, 0.25) is 0 Å². The summed E-state index contributed by atoms with van der Waals surface area (Å²) in [6, 6.07) is 11.6. The second-order valence-corrected chi connectivity index (χ2v) is 10.00. The monoisotopic (exact) mass is 512 g/mol. The van der Waals surface area contributed by atoms with Gasteiger partial charge in [0.15, 0.2) is 5.11 Å². The number of carboxylic acid groups (broad SMARTS) is 1. The predicted molar refractivity (Wildman–Crippen MR) is 142 cm³/mol. The van der Waals surface area contributed by atoms with Crippen LogP contribution < -0.4 is 10.7 Å². The van der Waals surface area contributed by atoms with Crippen molar-refractivity contribution in [2.75, 3.05) is 5.32 Å². The highest BCUT2D eigenvalue weighted by molar-refractivity contribution is 7.80. The standard InChI is InChI=1S/C24H24N4O5S2/c1-13(18-12-35-21(20(18)29)14-5-7-15(8-6-14)24(2,3)4)26-27-23(34)25-16-9-10-17(22(30)31)19(11-16)28(32)33/h5-12,29H,1-4H3,(H,30,31)(H2,25,27,34)/b26-13-. The summed E-state index contributed by atoms with van der Waals surface area (Å²) in [7, 11) is 0. The maximum atomic E-state index is 11.2. The minimum absolute atomic E-state index is 0.0335. The number of aromatic hydroxyl groups is 1. The molecular weight excluding hydrogens is 488 g/mol. The Bertz CT molecular complexity index is 1320. The van der Waals surface area contributed by atoms with E-state index in [1.807, 2.05) is 24.3 Å². The molecule has 9 nitrogen and oxygen atoms in total. The highest BCUT2D eigenvalue weighted by Crippen LogP contribution is 2.39. The lowest BCUT2D eigenvalue weighted by atomic mass is 9.86. The fraction of sp³-hybridized carbons (Fsp3) is 0.208. The number of rotatable bonds is 6. The SMILES string of the molecule is C/C(=N/NC(=S)Nc1ccc(C(=O)O)c([N+](=O)[O-])c1)c1csc(-c2ccc(C(C)(C)C)cc2)c1O. The number of anilines is 1. The second-order valence-electron chi connectivity index (χ2n) is 8.71. The number of aromatic carboxylic acids is 1. The predicted octanol–water partition coefficient (Wildman–Crippen LogP) is 5.74. The van der Waals surface area contributed by atoms with Crippen LogP contribution in [0.5, 0.6) is 5.75 Å². The molecule has 182 valence electrons. The third kappa shape index (κ3) is 6.00. The van der Waals surface area contributed by atoms with Crippen LogP contribution in [0.4, 0.5) is 11.4 Å². The van der Waals surface area contributed by atoms with Gasteiger partial charge in [-0.2, -0.15) is 5.10 Å². The Hall–Kier alpha value is -3.83. The molecule has 4 N–H and O–H groups in total. The molecule has 0 aliphatic rings. The fourth-order valence-electron chi connectivity index (χ4n) is 3.23. The third-order valence-corrected chi connectivity index (χ3v) is 6.39. The summed E-state index contributed by atoms with van der Waals surface area (Å²) in [5.74, 6) is -1.29. The van der Waals surface area contributed by atoms with Gasteiger partial charge in [-0.1, -0.05) is 45.0 Å². The summed E-state index contributed by atoms with van der Waals surface area (Å²) in [5.41, 5.74) is 5.03. The van der Waals surface area contributed by atoms with E-state index in [1.54, 1.807) is 12.3 Å². The number of hydrogen-bond acceptors (Lipinski definition) is 7. The molecule has 0 saturated carbocycles. The molecule has 3 rings (SSSR count). The molecule has 0 fully saturated rings. The first-order valence-electron chi connectivity index (χ1n) is 10.4. The molecule has 0 bridgehead atoms. The molecule has 0 radical (unpaired) electrons. The summed E-state index contributed by atoms with van der Waals surface area (Å²) in [6.07, 6.45) is 0. The maximum Gasteiger partial charge on any atom is 0.342 e. The van der Waals surface area contributed by atoms with Crippen LogP contribution in [0.25, 0.3) is 10.4 Å². The fourth-order valence-corrected chi connectivity index (χ4v) is 4.41. The van der Waals surface area contributed by atoms with Gasteiger partial charge in [0.1, 0.15) is 11.3 Å². The molecule has 2 aromatic carbocycles. The van der Waals surface area contributed by atoms with Gasteiger partial charge in [0.05, 0.1) is 21.1 Å². The van der Waals surface area contributed by atoms with Crippen molar-refractivity contribution in [1.82, 2.24) is 5.43 Å². The van der Waals surface area contributed by atoms with E-state index in [2.05, 4.69) is 36.6 Å². The first-order valence-corrected chi connectivity index (χ1v) is 11.7. The molecule has 11 heteroatoms. The van der Waals surface area contributed by atoms with E-state index in [0.717, 1.165) is 22.6 Å². The van der Waals surface area contributed by atoms with Crippen LogP contribution in [0.3, 0.4) is 0 Å². The van der Waals surface area contributed by atoms with Gasteiger partial charge in [-0.15, -0.1) is 11.3 Å². The van der Waals surface area contributed by atoms with Crippen molar-refractivity contribution in [2.45, 2.75) is 33.1 Å². The van der Waals surface area contributed by atoms with Gasteiger partial charge in [0, 0.05) is 17.1 Å². The minimum Gasteiger partial charge on any atom is -0.506 e. The zero-order valence-electron chi connectivity index (χ0n) is 19.4. The number of hydrazone groups is 1. The number of benzene rings is 2. The quantitative estimate of drug-likeness (QED) is 0.142. The molecule has 0 amide bonds. The van der Waals surface area contributed by atoms with Crippen LogP contribution in [0.1, 0.15) is 49.2 Å². The van der Waals surface area contributed by atoms with E-state index >= 15 is 0 Å². The van der Waals surface area contributed by atoms with Crippen molar-refractivity contribution in [2.24, 2.45) is 5.10 Å². The van der Waals surface area contributed by atoms with Gasteiger partial charge >= 0.3 is 5.97 Å². The Kier molecular flexibility index (Phi) is 7.51. The summed E-state index contributed by atoms with van der Waals surface area (Å²) in [5, 5.41) is 39.8. The van der Waals surface area contributed by atoms with Gasteiger partial charge in [-0.05, 0) is 47.8 Å². The number of nitro groups is 1. The number of nitrogens with zero attached hydrogens (tertiary/aromatic N) is 2. The van der Waals surface area contributed by atoms with E-state index in [-0.39, 0.29) is 22.0 Å². The topological polar surface area (TPSA) is 137 Å². The molecule has 0 aliphatic heterocycles. The zero-order valence-corrected chi connectivity index (χ0v) is 21.1. The maximum absolute atomic E-state index is 11.2. The normalized spacial score (nSPS) is 11.7. The second kappa shape index (κ2) is 10.2. The minimum atomic E-state index is -1.40. The first-order chi connectivity index (χ1) is 16.4. The van der Waals surface area contributed by atoms with E-state index < -0.39 is 22.1 Å². The van der Waals surface area contributed by atoms with Gasteiger partial charge in [-0.3, -0.25) is 15.5 Å². The number of carbonyl (C=O) groups is 1. The molecule has 0 spiro atoms. The van der Waals surface area contributed by atoms with Crippen LogP contribution in [0.15, 0.2) is 52.9 Å². The number of thiophene rings is 1. The average Bonchev–Trinajstić information content (AvgIpc) is 3.18. The Balaban J connectivity index is 1.72. The van der Waals surface area contributed by atoms with E-state index in [4.69, 9.17) is 17.3 Å². The smallest absolute Gasteiger partial charge is 0.342 e. The van der Waals surface area contributed by atoms with Crippen molar-refractivity contribution in [3.63, 3.8) is 0 Å². The number of thiocarbonyl (C=S) groups is 1. The van der Waals surface area contributed by atoms with E-state index in [9.17, 15) is 20.0 Å². The number of carboxylic acids is 1. The zero-order chi connectivity index (χ0) is 25.9. The molecule has 1 aromatic heterocycles. The van der Waals surface area contributed by atoms with Crippen LogP contribution >= 0.6 is 23.6 Å². The van der Waals surface area contributed by atoms with Crippen molar-refractivity contribution in [3.05, 3.63) is 74.6 Å². The van der Waals surface area contributed by atoms with Gasteiger partial charge in [-0.25, -0.2) is 4.79 Å². The molecule has 0 atom stereocenters. The highest BCUT2D eigenvalue weighted by atomic mass is 32.1. The Labute approximate surface area is 211 Å². The lowest BCUT2D eigenvalue weighted by Gasteiger charge is -2.19. The number of hydrogen-bond donors (Lipinski definition) is 4. The molecule has 0 unspecified atom stereocenters. The van der Waals surface area contributed by atoms with Crippen LogP contribution in [0, 0.1) is 10.1 Å². The third-order valence-electron chi connectivity index (χ3n) is 5.18.